The molecule has 2 saturated heterocycles. The summed E-state index contributed by atoms with van der Waals surface area (Å²) in [6.07, 6.45) is 10.4. The molecule has 63 heavy (non-hydrogen) atoms. The molecule has 0 spiro atoms. The van der Waals surface area contributed by atoms with Crippen LogP contribution >= 0.6 is 0 Å². The van der Waals surface area contributed by atoms with Crippen LogP contribution < -0.4 is 31.3 Å². The van der Waals surface area contributed by atoms with E-state index in [-0.39, 0.29) is 69.7 Å². The molecular weight excluding hydrogens is 825 g/mol. The van der Waals surface area contributed by atoms with Gasteiger partial charge in [-0.3, -0.25) is 9.59 Å². The van der Waals surface area contributed by atoms with Crippen LogP contribution in [0.25, 0.3) is 21.8 Å². The number of hydrogen-bond donors (Lipinski definition) is 4. The fourth-order valence-corrected chi connectivity index (χ4v) is 9.14. The van der Waals surface area contributed by atoms with Crippen molar-refractivity contribution in [3.63, 3.8) is 0 Å². The standard InChI is InChI=1S/C45H56F4N8O6/c1-52-16-20-54(21-17-52)40-32(46)36(30-38(34(40)48)56(26-10-11-26)24-28(42(30)58)44(60)61)50-14-8-6-4-3-5-7-9-15-51-37-31-39(57(27-12-13-27)25-29(43(31)59)45(62)63)35(49)41(33(37)47)55-22-18-53(2)19-23-55/h24-27,50-51H,3-23H2,1-2H3,(H,60,61)(H,62,63). The lowest BCUT2D eigenvalue weighted by molar-refractivity contribution is 0.0684. The molecule has 14 nitrogen and oxygen atoms in total. The molecular formula is C45H56F4N8O6. The van der Waals surface area contributed by atoms with Crippen molar-refractivity contribution in [1.29, 1.82) is 0 Å². The Labute approximate surface area is 362 Å². The van der Waals surface area contributed by atoms with Gasteiger partial charge in [0.15, 0.2) is 23.3 Å². The molecule has 0 bridgehead atoms. The number of fused-ring (bicyclic) bond motifs is 2. The summed E-state index contributed by atoms with van der Waals surface area (Å²) in [5, 5.41) is 25.3. The van der Waals surface area contributed by atoms with Crippen molar-refractivity contribution >= 4 is 56.5 Å². The number of pyridine rings is 2. The van der Waals surface area contributed by atoms with E-state index >= 15 is 17.6 Å². The number of nitrogens with one attached hydrogen (secondary N) is 2. The van der Waals surface area contributed by atoms with Gasteiger partial charge in [0.05, 0.1) is 33.2 Å². The monoisotopic (exact) mass is 880 g/mol. The van der Waals surface area contributed by atoms with Crippen molar-refractivity contribution in [1.82, 2.24) is 18.9 Å². The molecule has 4 aliphatic rings. The molecule has 4 heterocycles. The molecule has 8 rings (SSSR count). The quantitative estimate of drug-likeness (QED) is 0.0622. The van der Waals surface area contributed by atoms with E-state index in [1.54, 1.807) is 9.80 Å². The van der Waals surface area contributed by atoms with Gasteiger partial charge in [0.2, 0.25) is 10.9 Å². The predicted octanol–water partition coefficient (Wildman–Crippen LogP) is 6.70. The smallest absolute Gasteiger partial charge is 0.341 e. The minimum absolute atomic E-state index is 0.0778. The lowest BCUT2D eigenvalue weighted by Crippen LogP contribution is -2.45. The topological polar surface area (TPSA) is 156 Å². The molecule has 0 atom stereocenters. The highest BCUT2D eigenvalue weighted by Gasteiger charge is 2.36. The summed E-state index contributed by atoms with van der Waals surface area (Å²) < 4.78 is 69.0. The summed E-state index contributed by atoms with van der Waals surface area (Å²) in [4.78, 5) is 58.9. The highest BCUT2D eigenvalue weighted by atomic mass is 19.1. The first-order valence-electron chi connectivity index (χ1n) is 22.3. The summed E-state index contributed by atoms with van der Waals surface area (Å²) in [6, 6.07) is -0.368. The van der Waals surface area contributed by atoms with Crippen LogP contribution in [0.5, 0.6) is 0 Å². The zero-order valence-electron chi connectivity index (χ0n) is 35.9. The summed E-state index contributed by atoms with van der Waals surface area (Å²) >= 11 is 0. The highest BCUT2D eigenvalue weighted by molar-refractivity contribution is 6.02. The first kappa shape index (κ1) is 44.3. The molecule has 4 N–H and O–H groups in total. The summed E-state index contributed by atoms with van der Waals surface area (Å²) in [5.41, 5.74) is -3.86. The number of unbranched alkanes of at least 4 members (excludes halogenated alkanes) is 6. The number of aromatic nitrogens is 2. The van der Waals surface area contributed by atoms with Crippen LogP contribution in [-0.2, 0) is 0 Å². The Balaban J connectivity index is 0.909. The van der Waals surface area contributed by atoms with Crippen molar-refractivity contribution in [3.05, 3.63) is 67.2 Å². The Morgan fingerprint density at radius 1 is 0.556 bits per heavy atom. The first-order chi connectivity index (χ1) is 30.3. The number of likely N-dealkylation sites (N-methyl/N-ethyl adjacent to an activating group) is 2. The second-order valence-corrected chi connectivity index (χ2v) is 17.7. The molecule has 340 valence electrons. The van der Waals surface area contributed by atoms with E-state index in [0.717, 1.165) is 32.1 Å². The zero-order chi connectivity index (χ0) is 44.7. The van der Waals surface area contributed by atoms with E-state index in [1.165, 1.54) is 21.5 Å². The van der Waals surface area contributed by atoms with Gasteiger partial charge in [-0.25, -0.2) is 27.2 Å². The van der Waals surface area contributed by atoms with Gasteiger partial charge in [-0.1, -0.05) is 32.1 Å². The Hall–Kier alpha value is -5.36. The van der Waals surface area contributed by atoms with Crippen LogP contribution in [0.2, 0.25) is 0 Å². The van der Waals surface area contributed by atoms with Crippen LogP contribution in [0.1, 0.15) is 103 Å². The lowest BCUT2D eigenvalue weighted by atomic mass is 10.0. The van der Waals surface area contributed by atoms with E-state index in [9.17, 15) is 29.4 Å². The Morgan fingerprint density at radius 2 is 0.889 bits per heavy atom. The van der Waals surface area contributed by atoms with Crippen LogP contribution in [-0.4, -0.2) is 121 Å². The maximum Gasteiger partial charge on any atom is 0.341 e. The molecule has 2 aliphatic carbocycles. The van der Waals surface area contributed by atoms with Crippen LogP contribution in [0.3, 0.4) is 0 Å². The summed E-state index contributed by atoms with van der Waals surface area (Å²) in [6.45, 7) is 4.49. The van der Waals surface area contributed by atoms with Crippen molar-refractivity contribution in [3.8, 4) is 0 Å². The Bertz CT molecular complexity index is 2370. The van der Waals surface area contributed by atoms with Crippen molar-refractivity contribution < 1.29 is 37.4 Å². The van der Waals surface area contributed by atoms with Gasteiger partial charge < -0.3 is 49.6 Å². The zero-order valence-corrected chi connectivity index (χ0v) is 35.9. The SMILES string of the molecule is CN1CCN(c2c(F)c(NCCCCCCCCCNc3c(F)c(N4CCN(C)CC4)c(F)c4c3c(=O)c(C(=O)O)cn4C3CC3)c3c(=O)c(C(=O)O)cn(C4CC4)c3c2F)CC1. The third-order valence-electron chi connectivity index (χ3n) is 13.1. The third-order valence-corrected chi connectivity index (χ3v) is 13.1. The van der Waals surface area contributed by atoms with E-state index in [4.69, 9.17) is 0 Å². The minimum Gasteiger partial charge on any atom is -0.477 e. The number of carbonyl (C=O) groups is 2. The first-order valence-corrected chi connectivity index (χ1v) is 22.3. The van der Waals surface area contributed by atoms with Crippen molar-refractivity contribution in [2.24, 2.45) is 0 Å². The number of rotatable bonds is 18. The average Bonchev–Trinajstić information content (AvgIpc) is 4.19. The molecule has 0 amide bonds. The molecule has 0 radical (unpaired) electrons. The highest BCUT2D eigenvalue weighted by Crippen LogP contribution is 2.44. The molecule has 2 aliphatic heterocycles. The van der Waals surface area contributed by atoms with Gasteiger partial charge in [-0.05, 0) is 52.6 Å². The van der Waals surface area contributed by atoms with Gasteiger partial charge in [0.25, 0.3) is 0 Å². The molecule has 2 aromatic carbocycles. The number of carboxylic acids is 2. The maximum absolute atomic E-state index is 16.5. The number of nitrogens with zero attached hydrogens (tertiary/aromatic N) is 6. The van der Waals surface area contributed by atoms with Gasteiger partial charge in [-0.15, -0.1) is 0 Å². The minimum atomic E-state index is -1.46. The third kappa shape index (κ3) is 8.80. The number of aromatic carboxylic acids is 2. The van der Waals surface area contributed by atoms with E-state index in [1.807, 2.05) is 14.1 Å². The summed E-state index contributed by atoms with van der Waals surface area (Å²) in [7, 11) is 3.87. The predicted molar refractivity (Wildman–Crippen MR) is 235 cm³/mol. The van der Waals surface area contributed by atoms with Gasteiger partial charge in [0.1, 0.15) is 22.5 Å². The van der Waals surface area contributed by atoms with Gasteiger partial charge in [0, 0.05) is 89.9 Å². The van der Waals surface area contributed by atoms with E-state index in [0.29, 0.717) is 90.9 Å². The van der Waals surface area contributed by atoms with E-state index < -0.39 is 57.2 Å². The van der Waals surface area contributed by atoms with Crippen molar-refractivity contribution in [2.45, 2.75) is 82.7 Å². The normalized spacial score (nSPS) is 17.6. The van der Waals surface area contributed by atoms with Crippen LogP contribution in [0, 0.1) is 23.3 Å². The molecule has 2 saturated carbocycles. The number of hydrogen-bond acceptors (Lipinski definition) is 10. The molecule has 2 aromatic heterocycles. The van der Waals surface area contributed by atoms with Crippen molar-refractivity contribution in [2.75, 3.05) is 100.0 Å². The fraction of sp³-hybridized carbons (Fsp3) is 0.556. The fourth-order valence-electron chi connectivity index (χ4n) is 9.14. The number of piperazine rings is 2. The number of halogens is 4. The number of anilines is 4. The molecule has 0 unspecified atom stereocenters. The van der Waals surface area contributed by atoms with Gasteiger partial charge in [-0.2, -0.15) is 0 Å². The number of benzene rings is 2. The Kier molecular flexibility index (Phi) is 12.9. The molecule has 18 heteroatoms. The molecule has 4 fully saturated rings. The summed E-state index contributed by atoms with van der Waals surface area (Å²) in [5.74, 6) is -6.43. The molecule has 4 aromatic rings. The van der Waals surface area contributed by atoms with E-state index in [2.05, 4.69) is 20.4 Å². The van der Waals surface area contributed by atoms with Crippen LogP contribution in [0.15, 0.2) is 22.0 Å². The largest absolute Gasteiger partial charge is 0.477 e. The second kappa shape index (κ2) is 18.4. The van der Waals surface area contributed by atoms with Gasteiger partial charge >= 0.3 is 11.9 Å². The maximum atomic E-state index is 16.5. The van der Waals surface area contributed by atoms with Crippen LogP contribution in [0.4, 0.5) is 40.3 Å². The lowest BCUT2D eigenvalue weighted by Gasteiger charge is -2.35. The average molecular weight is 881 g/mol. The second-order valence-electron chi connectivity index (χ2n) is 17.7. The Morgan fingerprint density at radius 3 is 1.21 bits per heavy atom. The number of carboxylic acid groups (broad SMARTS) is 2.